The predicted molar refractivity (Wildman–Crippen MR) is 117 cm³/mol. The summed E-state index contributed by atoms with van der Waals surface area (Å²) in [5.41, 5.74) is 4.03. The lowest BCUT2D eigenvalue weighted by atomic mass is 10.1. The number of rotatable bonds is 15. The summed E-state index contributed by atoms with van der Waals surface area (Å²) >= 11 is 0. The highest BCUT2D eigenvalue weighted by Gasteiger charge is 2.32. The van der Waals surface area contributed by atoms with Crippen molar-refractivity contribution in [2.24, 2.45) is 0 Å². The maximum Gasteiger partial charge on any atom is 0.335 e. The van der Waals surface area contributed by atoms with Crippen LogP contribution in [0.2, 0.25) is 0 Å². The fourth-order valence-electron chi connectivity index (χ4n) is 2.57. The highest BCUT2D eigenvalue weighted by molar-refractivity contribution is 7.73. The predicted octanol–water partition coefficient (Wildman–Crippen LogP) is 6.22. The molecule has 2 N–H and O–H groups in total. The summed E-state index contributed by atoms with van der Waals surface area (Å²) in [4.78, 5) is 18.1. The summed E-state index contributed by atoms with van der Waals surface area (Å²) < 4.78 is 33.9. The van der Waals surface area contributed by atoms with Gasteiger partial charge in [0.05, 0.1) is 13.2 Å². The molecule has 1 atom stereocenters. The van der Waals surface area contributed by atoms with Gasteiger partial charge in [0.15, 0.2) is 0 Å². The summed E-state index contributed by atoms with van der Waals surface area (Å²) in [7, 11) is -7.88. The minimum Gasteiger partial charge on any atom is -0.371 e. The second kappa shape index (κ2) is 14.5. The third-order valence-electron chi connectivity index (χ3n) is 3.93. The Kier molecular flexibility index (Phi) is 14.2. The monoisotopic (exact) mass is 436 g/mol. The molecule has 164 valence electrons. The first-order valence-electron chi connectivity index (χ1n) is 9.77. The van der Waals surface area contributed by atoms with E-state index in [1.807, 2.05) is 0 Å². The van der Waals surface area contributed by atoms with E-state index in [0.29, 0.717) is 13.0 Å². The number of allylic oxidation sites excluding steroid dienone is 5. The van der Waals surface area contributed by atoms with E-state index in [0.717, 1.165) is 25.7 Å². The van der Waals surface area contributed by atoms with Gasteiger partial charge in [-0.15, -0.1) is 0 Å². The number of hydrogen-bond acceptors (Lipinski definition) is 4. The molecule has 0 radical (unpaired) electrons. The van der Waals surface area contributed by atoms with E-state index < -0.39 is 20.9 Å². The first-order chi connectivity index (χ1) is 13.0. The second-order valence-corrected chi connectivity index (χ2v) is 11.9. The molecule has 1 unspecified atom stereocenters. The fourth-order valence-corrected chi connectivity index (χ4v) is 6.42. The zero-order chi connectivity index (χ0) is 21.6. The van der Waals surface area contributed by atoms with Crippen molar-refractivity contribution in [1.82, 2.24) is 0 Å². The molecule has 0 saturated carbocycles. The van der Waals surface area contributed by atoms with Gasteiger partial charge in [0.2, 0.25) is 7.37 Å². The summed E-state index contributed by atoms with van der Waals surface area (Å²) in [5.74, 6) is -0.776. The van der Waals surface area contributed by atoms with Gasteiger partial charge in [0, 0.05) is 0 Å². The first kappa shape index (κ1) is 27.5. The minimum absolute atomic E-state index is 0.126. The standard InChI is InChI=1S/C20H38O6P2/c1-6-26-27(21,17-28(22,23)24)16-25-15-9-14-20(5)13-8-12-19(4)11-7-10-18(2)3/h10,12,14H,6-9,11,13,15-17H2,1-5H3,(H2,22,23,24)/b19-12+,20-14+. The normalized spacial score (nSPS) is 15.4. The molecule has 0 aromatic rings. The van der Waals surface area contributed by atoms with Crippen molar-refractivity contribution in [1.29, 1.82) is 0 Å². The molecule has 0 saturated heterocycles. The van der Waals surface area contributed by atoms with E-state index in [9.17, 15) is 9.13 Å². The molecule has 0 heterocycles. The van der Waals surface area contributed by atoms with Crippen LogP contribution in [0.1, 0.15) is 66.7 Å². The van der Waals surface area contributed by atoms with E-state index in [4.69, 9.17) is 19.0 Å². The van der Waals surface area contributed by atoms with E-state index in [-0.39, 0.29) is 13.0 Å². The zero-order valence-electron chi connectivity index (χ0n) is 18.0. The summed E-state index contributed by atoms with van der Waals surface area (Å²) in [6, 6.07) is 0. The molecule has 0 aromatic heterocycles. The summed E-state index contributed by atoms with van der Waals surface area (Å²) in [6.07, 6.45) is 11.2. The molecule has 0 fully saturated rings. The average molecular weight is 436 g/mol. The Balaban J connectivity index is 4.19. The van der Waals surface area contributed by atoms with Gasteiger partial charge in [-0.25, -0.2) is 0 Å². The van der Waals surface area contributed by atoms with Crippen LogP contribution in [0.25, 0.3) is 0 Å². The smallest absolute Gasteiger partial charge is 0.335 e. The van der Waals surface area contributed by atoms with Gasteiger partial charge in [-0.2, -0.15) is 0 Å². The Morgan fingerprint density at radius 3 is 1.93 bits per heavy atom. The van der Waals surface area contributed by atoms with Crippen LogP contribution in [0.4, 0.5) is 0 Å². The zero-order valence-corrected chi connectivity index (χ0v) is 19.8. The van der Waals surface area contributed by atoms with Crippen LogP contribution in [0, 0.1) is 0 Å². The van der Waals surface area contributed by atoms with Crippen molar-refractivity contribution in [3.8, 4) is 0 Å². The Morgan fingerprint density at radius 1 is 0.893 bits per heavy atom. The maximum atomic E-state index is 12.4. The highest BCUT2D eigenvalue weighted by Crippen LogP contribution is 2.58. The van der Waals surface area contributed by atoms with Crippen molar-refractivity contribution in [2.45, 2.75) is 66.7 Å². The molecule has 28 heavy (non-hydrogen) atoms. The molecule has 0 aromatic carbocycles. The van der Waals surface area contributed by atoms with Gasteiger partial charge in [-0.05, 0) is 66.7 Å². The third kappa shape index (κ3) is 16.5. The highest BCUT2D eigenvalue weighted by atomic mass is 31.2. The second-order valence-electron chi connectivity index (χ2n) is 7.32. The number of hydrogen-bond donors (Lipinski definition) is 2. The molecule has 0 aliphatic rings. The van der Waals surface area contributed by atoms with Crippen molar-refractivity contribution in [3.63, 3.8) is 0 Å². The lowest BCUT2D eigenvalue weighted by Gasteiger charge is -2.18. The lowest BCUT2D eigenvalue weighted by Crippen LogP contribution is -2.05. The molecule has 0 spiro atoms. The lowest BCUT2D eigenvalue weighted by molar-refractivity contribution is 0.167. The van der Waals surface area contributed by atoms with Crippen LogP contribution in [-0.2, 0) is 18.4 Å². The molecule has 0 rings (SSSR count). The van der Waals surface area contributed by atoms with Crippen molar-refractivity contribution >= 4 is 15.0 Å². The van der Waals surface area contributed by atoms with Crippen LogP contribution in [-0.4, -0.2) is 35.3 Å². The van der Waals surface area contributed by atoms with E-state index in [1.165, 1.54) is 16.7 Å². The molecular weight excluding hydrogens is 398 g/mol. The van der Waals surface area contributed by atoms with Crippen molar-refractivity contribution < 1.29 is 28.2 Å². The SMILES string of the molecule is CCOP(=O)(COCC/C=C(\C)CC/C=C(\C)CCC=C(C)C)CP(=O)(O)O. The molecule has 0 amide bonds. The topological polar surface area (TPSA) is 93.1 Å². The Bertz CT molecular complexity index is 627. The van der Waals surface area contributed by atoms with Gasteiger partial charge < -0.3 is 19.0 Å². The van der Waals surface area contributed by atoms with Gasteiger partial charge in [0.25, 0.3) is 0 Å². The van der Waals surface area contributed by atoms with E-state index in [1.54, 1.807) is 6.92 Å². The molecule has 0 bridgehead atoms. The average Bonchev–Trinajstić information content (AvgIpc) is 2.52. The maximum absolute atomic E-state index is 12.4. The summed E-state index contributed by atoms with van der Waals surface area (Å²) in [6.45, 7) is 10.6. The van der Waals surface area contributed by atoms with Gasteiger partial charge in [0.1, 0.15) is 12.3 Å². The first-order valence-corrected chi connectivity index (χ1v) is 13.6. The quantitative estimate of drug-likeness (QED) is 0.180. The van der Waals surface area contributed by atoms with Gasteiger partial charge >= 0.3 is 7.60 Å². The van der Waals surface area contributed by atoms with Crippen LogP contribution in [0.15, 0.2) is 34.9 Å². The van der Waals surface area contributed by atoms with Crippen LogP contribution < -0.4 is 0 Å². The molecule has 0 aliphatic heterocycles. The summed E-state index contributed by atoms with van der Waals surface area (Å²) in [5, 5.41) is 0. The molecule has 0 aliphatic carbocycles. The fraction of sp³-hybridized carbons (Fsp3) is 0.700. The Hall–Kier alpha value is -0.480. The van der Waals surface area contributed by atoms with Crippen LogP contribution in [0.5, 0.6) is 0 Å². The van der Waals surface area contributed by atoms with Crippen LogP contribution >= 0.6 is 15.0 Å². The van der Waals surface area contributed by atoms with Crippen molar-refractivity contribution in [3.05, 3.63) is 34.9 Å². The molecule has 8 heteroatoms. The minimum atomic E-state index is -4.41. The Labute approximate surface area is 170 Å². The van der Waals surface area contributed by atoms with Crippen LogP contribution in [0.3, 0.4) is 0 Å². The molecule has 6 nitrogen and oxygen atoms in total. The third-order valence-corrected chi connectivity index (χ3v) is 8.43. The Morgan fingerprint density at radius 2 is 1.43 bits per heavy atom. The van der Waals surface area contributed by atoms with E-state index in [2.05, 4.69) is 45.9 Å². The molecular formula is C20H38O6P2. The number of ether oxygens (including phenoxy) is 1. The van der Waals surface area contributed by atoms with E-state index >= 15 is 0 Å². The van der Waals surface area contributed by atoms with Gasteiger partial charge in [-0.1, -0.05) is 34.9 Å². The van der Waals surface area contributed by atoms with Gasteiger partial charge in [-0.3, -0.25) is 9.13 Å². The van der Waals surface area contributed by atoms with Crippen molar-refractivity contribution in [2.75, 3.05) is 25.5 Å². The largest absolute Gasteiger partial charge is 0.371 e.